The molecular formula is C18H22N6O3. The van der Waals surface area contributed by atoms with Crippen LogP contribution < -0.4 is 10.2 Å². The SMILES string of the molecule is O=C(CCCNc1ccccc1[N+](=O)[O-])N1CCN(c2ncccn2)CC1. The first-order valence-corrected chi connectivity index (χ1v) is 8.92. The molecule has 0 saturated carbocycles. The van der Waals surface area contributed by atoms with Crippen molar-refractivity contribution in [3.05, 3.63) is 52.8 Å². The van der Waals surface area contributed by atoms with E-state index in [9.17, 15) is 14.9 Å². The molecule has 142 valence electrons. The molecule has 1 aromatic heterocycles. The molecule has 0 aliphatic carbocycles. The molecule has 1 saturated heterocycles. The minimum Gasteiger partial charge on any atom is -0.379 e. The van der Waals surface area contributed by atoms with E-state index in [0.717, 1.165) is 0 Å². The number of carbonyl (C=O) groups excluding carboxylic acids is 1. The van der Waals surface area contributed by atoms with Crippen LogP contribution in [0.25, 0.3) is 0 Å². The van der Waals surface area contributed by atoms with Gasteiger partial charge in [-0.3, -0.25) is 14.9 Å². The Kier molecular flexibility index (Phi) is 6.14. The van der Waals surface area contributed by atoms with Crippen LogP contribution in [0.4, 0.5) is 17.3 Å². The molecule has 3 rings (SSSR count). The molecule has 0 spiro atoms. The minimum atomic E-state index is -0.413. The standard InChI is InChI=1S/C18H22N6O3/c25-17(7-3-8-19-15-5-1-2-6-16(15)24(26)27)22-11-13-23(14-12-22)18-20-9-4-10-21-18/h1-2,4-6,9-10,19H,3,7-8,11-14H2. The highest BCUT2D eigenvalue weighted by Crippen LogP contribution is 2.23. The zero-order valence-electron chi connectivity index (χ0n) is 15.0. The lowest BCUT2D eigenvalue weighted by Gasteiger charge is -2.34. The highest BCUT2D eigenvalue weighted by Gasteiger charge is 2.22. The average molecular weight is 370 g/mol. The summed E-state index contributed by atoms with van der Waals surface area (Å²) in [5.41, 5.74) is 0.523. The van der Waals surface area contributed by atoms with Gasteiger partial charge in [-0.2, -0.15) is 0 Å². The van der Waals surface area contributed by atoms with E-state index in [-0.39, 0.29) is 11.6 Å². The lowest BCUT2D eigenvalue weighted by molar-refractivity contribution is -0.384. The minimum absolute atomic E-state index is 0.0445. The number of anilines is 2. The molecule has 0 atom stereocenters. The van der Waals surface area contributed by atoms with Crippen LogP contribution in [-0.2, 0) is 4.79 Å². The van der Waals surface area contributed by atoms with Crippen LogP contribution in [0.1, 0.15) is 12.8 Å². The van der Waals surface area contributed by atoms with Crippen molar-refractivity contribution in [3.8, 4) is 0 Å². The number of nitro benzene ring substituents is 1. The van der Waals surface area contributed by atoms with Gasteiger partial charge in [-0.1, -0.05) is 12.1 Å². The maximum atomic E-state index is 12.4. The molecule has 1 aliphatic heterocycles. The Labute approximate surface area is 157 Å². The second-order valence-corrected chi connectivity index (χ2v) is 6.22. The van der Waals surface area contributed by atoms with E-state index in [4.69, 9.17) is 0 Å². The maximum absolute atomic E-state index is 12.4. The van der Waals surface area contributed by atoms with Crippen molar-refractivity contribution in [2.75, 3.05) is 42.9 Å². The molecule has 1 amide bonds. The van der Waals surface area contributed by atoms with E-state index < -0.39 is 4.92 Å². The fourth-order valence-electron chi connectivity index (χ4n) is 3.01. The Morgan fingerprint density at radius 2 is 1.81 bits per heavy atom. The number of aromatic nitrogens is 2. The summed E-state index contributed by atoms with van der Waals surface area (Å²) >= 11 is 0. The summed E-state index contributed by atoms with van der Waals surface area (Å²) in [6.45, 7) is 3.23. The lowest BCUT2D eigenvalue weighted by atomic mass is 10.2. The van der Waals surface area contributed by atoms with Crippen LogP contribution >= 0.6 is 0 Å². The number of hydrogen-bond acceptors (Lipinski definition) is 7. The van der Waals surface area contributed by atoms with Gasteiger partial charge in [0.15, 0.2) is 0 Å². The fraction of sp³-hybridized carbons (Fsp3) is 0.389. The zero-order valence-corrected chi connectivity index (χ0v) is 15.0. The Bertz CT molecular complexity index is 778. The summed E-state index contributed by atoms with van der Waals surface area (Å²) in [6, 6.07) is 8.29. The number of para-hydroxylation sites is 2. The molecule has 27 heavy (non-hydrogen) atoms. The van der Waals surface area contributed by atoms with Gasteiger partial charge in [-0.05, 0) is 18.6 Å². The molecule has 1 fully saturated rings. The number of nitrogens with zero attached hydrogens (tertiary/aromatic N) is 5. The molecule has 1 aliphatic rings. The smallest absolute Gasteiger partial charge is 0.292 e. The molecule has 0 radical (unpaired) electrons. The first-order valence-electron chi connectivity index (χ1n) is 8.92. The van der Waals surface area contributed by atoms with E-state index in [1.54, 1.807) is 36.7 Å². The van der Waals surface area contributed by atoms with Crippen LogP contribution in [0.3, 0.4) is 0 Å². The topological polar surface area (TPSA) is 104 Å². The van der Waals surface area contributed by atoms with Crippen molar-refractivity contribution in [2.24, 2.45) is 0 Å². The number of carbonyl (C=O) groups is 1. The first-order chi connectivity index (χ1) is 13.1. The van der Waals surface area contributed by atoms with Crippen LogP contribution in [0.5, 0.6) is 0 Å². The Morgan fingerprint density at radius 3 is 2.52 bits per heavy atom. The molecule has 0 unspecified atom stereocenters. The number of nitrogens with one attached hydrogen (secondary N) is 1. The van der Waals surface area contributed by atoms with Crippen molar-refractivity contribution in [2.45, 2.75) is 12.8 Å². The van der Waals surface area contributed by atoms with Crippen molar-refractivity contribution in [1.82, 2.24) is 14.9 Å². The summed E-state index contributed by atoms with van der Waals surface area (Å²) in [5.74, 6) is 0.797. The van der Waals surface area contributed by atoms with Gasteiger partial charge in [0, 0.05) is 57.6 Å². The molecule has 9 heteroatoms. The number of nitro groups is 1. The molecule has 2 aromatic rings. The first kappa shape index (κ1) is 18.6. The van der Waals surface area contributed by atoms with Gasteiger partial charge in [0.1, 0.15) is 5.69 Å². The zero-order chi connectivity index (χ0) is 19.1. The molecule has 1 aromatic carbocycles. The van der Waals surface area contributed by atoms with Crippen molar-refractivity contribution in [3.63, 3.8) is 0 Å². The third-order valence-electron chi connectivity index (χ3n) is 4.45. The van der Waals surface area contributed by atoms with E-state index in [1.165, 1.54) is 6.07 Å². The molecule has 9 nitrogen and oxygen atoms in total. The summed E-state index contributed by atoms with van der Waals surface area (Å²) in [4.78, 5) is 35.3. The number of piperazine rings is 1. The second-order valence-electron chi connectivity index (χ2n) is 6.22. The quantitative estimate of drug-likeness (QED) is 0.451. The van der Waals surface area contributed by atoms with Gasteiger partial charge in [0.2, 0.25) is 11.9 Å². The number of benzene rings is 1. The van der Waals surface area contributed by atoms with Crippen LogP contribution in [-0.4, -0.2) is 58.4 Å². The van der Waals surface area contributed by atoms with Crippen LogP contribution in [0, 0.1) is 10.1 Å². The highest BCUT2D eigenvalue weighted by atomic mass is 16.6. The van der Waals surface area contributed by atoms with Gasteiger partial charge in [-0.15, -0.1) is 0 Å². The van der Waals surface area contributed by atoms with Crippen LogP contribution in [0.2, 0.25) is 0 Å². The normalized spacial score (nSPS) is 14.1. The largest absolute Gasteiger partial charge is 0.379 e. The van der Waals surface area contributed by atoms with Crippen molar-refractivity contribution in [1.29, 1.82) is 0 Å². The van der Waals surface area contributed by atoms with Gasteiger partial charge >= 0.3 is 0 Å². The van der Waals surface area contributed by atoms with Gasteiger partial charge < -0.3 is 15.1 Å². The number of rotatable bonds is 7. The van der Waals surface area contributed by atoms with Crippen LogP contribution in [0.15, 0.2) is 42.7 Å². The van der Waals surface area contributed by atoms with Gasteiger partial charge in [0.05, 0.1) is 4.92 Å². The second kappa shape index (κ2) is 8.93. The molecule has 1 N–H and O–H groups in total. The number of amides is 1. The summed E-state index contributed by atoms with van der Waals surface area (Å²) in [6.07, 6.45) is 4.45. The summed E-state index contributed by atoms with van der Waals surface area (Å²) < 4.78 is 0. The third-order valence-corrected chi connectivity index (χ3v) is 4.45. The van der Waals surface area contributed by atoms with E-state index in [0.29, 0.717) is 57.2 Å². The molecule has 2 heterocycles. The van der Waals surface area contributed by atoms with Crippen molar-refractivity contribution < 1.29 is 9.72 Å². The van der Waals surface area contributed by atoms with Crippen molar-refractivity contribution >= 4 is 23.2 Å². The predicted octanol–water partition coefficient (Wildman–Crippen LogP) is 1.93. The summed E-state index contributed by atoms with van der Waals surface area (Å²) in [7, 11) is 0. The molecular weight excluding hydrogens is 348 g/mol. The Morgan fingerprint density at radius 1 is 1.11 bits per heavy atom. The third kappa shape index (κ3) is 4.90. The highest BCUT2D eigenvalue weighted by molar-refractivity contribution is 5.76. The van der Waals surface area contributed by atoms with E-state index in [2.05, 4.69) is 20.2 Å². The summed E-state index contributed by atoms with van der Waals surface area (Å²) in [5, 5.41) is 14.0. The predicted molar refractivity (Wildman–Crippen MR) is 102 cm³/mol. The Balaban J connectivity index is 1.40. The fourth-order valence-corrected chi connectivity index (χ4v) is 3.01. The van der Waals surface area contributed by atoms with Gasteiger partial charge in [0.25, 0.3) is 5.69 Å². The monoisotopic (exact) mass is 370 g/mol. The van der Waals surface area contributed by atoms with Gasteiger partial charge in [-0.25, -0.2) is 9.97 Å². The molecule has 0 bridgehead atoms. The lowest BCUT2D eigenvalue weighted by Crippen LogP contribution is -2.49. The average Bonchev–Trinajstić information content (AvgIpc) is 2.72. The number of hydrogen-bond donors (Lipinski definition) is 1. The van der Waals surface area contributed by atoms with E-state index in [1.807, 2.05) is 4.90 Å². The van der Waals surface area contributed by atoms with E-state index >= 15 is 0 Å². The Hall–Kier alpha value is -3.23. The maximum Gasteiger partial charge on any atom is 0.292 e.